The maximum absolute atomic E-state index is 13.3. The maximum Gasteiger partial charge on any atom is 0.265 e. The van der Waals surface area contributed by atoms with Gasteiger partial charge < -0.3 is 9.80 Å². The van der Waals surface area contributed by atoms with E-state index < -0.39 is 10.0 Å². The van der Waals surface area contributed by atoms with E-state index in [-0.39, 0.29) is 15.7 Å². The van der Waals surface area contributed by atoms with E-state index in [9.17, 15) is 13.2 Å². The number of amides is 1. The average Bonchev–Trinajstić information content (AvgIpc) is 3.20. The predicted octanol–water partition coefficient (Wildman–Crippen LogP) is 4.08. The second-order valence-electron chi connectivity index (χ2n) is 7.88. The Kier molecular flexibility index (Phi) is 6.67. The molecule has 2 heterocycles. The quantitative estimate of drug-likeness (QED) is 0.594. The van der Waals surface area contributed by atoms with Gasteiger partial charge in [-0.25, -0.2) is 8.42 Å². The molecule has 0 atom stereocenters. The van der Waals surface area contributed by atoms with E-state index in [0.717, 1.165) is 35.6 Å². The van der Waals surface area contributed by atoms with Gasteiger partial charge >= 0.3 is 0 Å². The Morgan fingerprint density at radius 3 is 2.42 bits per heavy atom. The van der Waals surface area contributed by atoms with Gasteiger partial charge in [0.2, 0.25) is 0 Å². The van der Waals surface area contributed by atoms with Crippen LogP contribution in [-0.4, -0.2) is 45.4 Å². The zero-order valence-electron chi connectivity index (χ0n) is 18.2. The van der Waals surface area contributed by atoms with Crippen LogP contribution >= 0.6 is 11.3 Å². The molecule has 0 unspecified atom stereocenters. The zero-order chi connectivity index (χ0) is 23.4. The highest BCUT2D eigenvalue weighted by Gasteiger charge is 2.28. The SMILES string of the molecule is Cc1ccc(NS(=O)(=O)c2ccsc2C(=O)N2CCCN(c3ccc(C#N)cc3)CC2)cc1. The number of sulfonamides is 1. The fourth-order valence-electron chi connectivity index (χ4n) is 3.77. The summed E-state index contributed by atoms with van der Waals surface area (Å²) in [5, 5.41) is 10.6. The first-order valence-electron chi connectivity index (χ1n) is 10.6. The lowest BCUT2D eigenvalue weighted by molar-refractivity contribution is 0.0768. The van der Waals surface area contributed by atoms with Crippen LogP contribution in [0.15, 0.2) is 64.9 Å². The predicted molar refractivity (Wildman–Crippen MR) is 130 cm³/mol. The lowest BCUT2D eigenvalue weighted by Gasteiger charge is -2.23. The molecule has 0 spiro atoms. The van der Waals surface area contributed by atoms with Crippen molar-refractivity contribution >= 4 is 38.6 Å². The minimum atomic E-state index is -3.89. The summed E-state index contributed by atoms with van der Waals surface area (Å²) in [6.07, 6.45) is 0.765. The first-order chi connectivity index (χ1) is 15.9. The smallest absolute Gasteiger partial charge is 0.265 e. The van der Waals surface area contributed by atoms with Gasteiger partial charge in [0.05, 0.1) is 11.6 Å². The molecule has 1 amide bonds. The molecule has 0 aliphatic carbocycles. The molecule has 4 rings (SSSR count). The Labute approximate surface area is 197 Å². The fourth-order valence-corrected chi connectivity index (χ4v) is 6.21. The van der Waals surface area contributed by atoms with E-state index in [1.54, 1.807) is 34.5 Å². The number of hydrogen-bond acceptors (Lipinski definition) is 6. The number of benzene rings is 2. The number of carbonyl (C=O) groups excluding carboxylic acids is 1. The molecule has 9 heteroatoms. The van der Waals surface area contributed by atoms with Gasteiger partial charge in [0, 0.05) is 37.6 Å². The summed E-state index contributed by atoms with van der Waals surface area (Å²) in [7, 11) is -3.89. The summed E-state index contributed by atoms with van der Waals surface area (Å²) in [6, 6.07) is 18.1. The highest BCUT2D eigenvalue weighted by atomic mass is 32.2. The maximum atomic E-state index is 13.3. The molecule has 1 fully saturated rings. The number of nitrogens with one attached hydrogen (secondary N) is 1. The van der Waals surface area contributed by atoms with Gasteiger partial charge in [-0.2, -0.15) is 5.26 Å². The van der Waals surface area contributed by atoms with Crippen LogP contribution in [0.25, 0.3) is 0 Å². The normalized spacial score (nSPS) is 14.4. The Morgan fingerprint density at radius 1 is 1.00 bits per heavy atom. The van der Waals surface area contributed by atoms with Crippen LogP contribution in [0.4, 0.5) is 11.4 Å². The molecule has 0 saturated carbocycles. The number of thiophene rings is 1. The highest BCUT2D eigenvalue weighted by Crippen LogP contribution is 2.27. The molecule has 0 radical (unpaired) electrons. The summed E-state index contributed by atoms with van der Waals surface area (Å²) >= 11 is 1.14. The van der Waals surface area contributed by atoms with Gasteiger partial charge in [0.1, 0.15) is 9.77 Å². The highest BCUT2D eigenvalue weighted by molar-refractivity contribution is 7.93. The molecule has 1 saturated heterocycles. The monoisotopic (exact) mass is 480 g/mol. The Bertz CT molecular complexity index is 1280. The van der Waals surface area contributed by atoms with Crippen LogP contribution in [0, 0.1) is 18.3 Å². The second kappa shape index (κ2) is 9.65. The van der Waals surface area contributed by atoms with Crippen LogP contribution in [-0.2, 0) is 10.0 Å². The fraction of sp³-hybridized carbons (Fsp3) is 0.250. The summed E-state index contributed by atoms with van der Waals surface area (Å²) < 4.78 is 28.6. The number of carbonyl (C=O) groups is 1. The van der Waals surface area contributed by atoms with Crippen molar-refractivity contribution in [1.29, 1.82) is 5.26 Å². The van der Waals surface area contributed by atoms with Crippen LogP contribution < -0.4 is 9.62 Å². The first-order valence-corrected chi connectivity index (χ1v) is 12.9. The lowest BCUT2D eigenvalue weighted by atomic mass is 10.2. The molecule has 2 aromatic carbocycles. The van der Waals surface area contributed by atoms with Crippen molar-refractivity contribution in [1.82, 2.24) is 4.90 Å². The van der Waals surface area contributed by atoms with Crippen LogP contribution in [0.1, 0.15) is 27.2 Å². The standard InChI is InChI=1S/C24H24N4O3S2/c1-18-3-7-20(8-4-18)26-33(30,31)22-11-16-32-23(22)24(29)28-13-2-12-27(14-15-28)21-9-5-19(17-25)6-10-21/h3-11,16,26H,2,12-15H2,1H3. The number of anilines is 2. The number of hydrogen-bond donors (Lipinski definition) is 1. The number of aryl methyl sites for hydroxylation is 1. The van der Waals surface area contributed by atoms with Gasteiger partial charge in [-0.1, -0.05) is 17.7 Å². The van der Waals surface area contributed by atoms with Crippen molar-refractivity contribution in [3.05, 3.63) is 76.0 Å². The third-order valence-electron chi connectivity index (χ3n) is 5.56. The van der Waals surface area contributed by atoms with E-state index in [1.807, 2.05) is 31.2 Å². The number of rotatable bonds is 5. The van der Waals surface area contributed by atoms with E-state index in [0.29, 0.717) is 30.9 Å². The first kappa shape index (κ1) is 22.8. The Balaban J connectivity index is 1.48. The van der Waals surface area contributed by atoms with Crippen molar-refractivity contribution in [2.24, 2.45) is 0 Å². The molecule has 33 heavy (non-hydrogen) atoms. The number of nitrogens with zero attached hydrogens (tertiary/aromatic N) is 3. The van der Waals surface area contributed by atoms with Crippen molar-refractivity contribution in [2.45, 2.75) is 18.2 Å². The lowest BCUT2D eigenvalue weighted by Crippen LogP contribution is -2.35. The third kappa shape index (κ3) is 5.18. The van der Waals surface area contributed by atoms with E-state index >= 15 is 0 Å². The van der Waals surface area contributed by atoms with Crippen LogP contribution in [0.5, 0.6) is 0 Å². The van der Waals surface area contributed by atoms with E-state index in [1.165, 1.54) is 6.07 Å². The van der Waals surface area contributed by atoms with Crippen molar-refractivity contribution in [3.63, 3.8) is 0 Å². The third-order valence-corrected chi connectivity index (χ3v) is 8.02. The number of nitriles is 1. The van der Waals surface area contributed by atoms with Gasteiger partial charge in [-0.3, -0.25) is 9.52 Å². The molecule has 1 aromatic heterocycles. The van der Waals surface area contributed by atoms with Gasteiger partial charge in [0.25, 0.3) is 15.9 Å². The Morgan fingerprint density at radius 2 is 1.73 bits per heavy atom. The van der Waals surface area contributed by atoms with Gasteiger partial charge in [-0.15, -0.1) is 11.3 Å². The largest absolute Gasteiger partial charge is 0.370 e. The zero-order valence-corrected chi connectivity index (χ0v) is 19.8. The van der Waals surface area contributed by atoms with Crippen molar-refractivity contribution in [2.75, 3.05) is 35.8 Å². The molecule has 0 bridgehead atoms. The van der Waals surface area contributed by atoms with Crippen molar-refractivity contribution < 1.29 is 13.2 Å². The molecule has 7 nitrogen and oxygen atoms in total. The minimum Gasteiger partial charge on any atom is -0.370 e. The summed E-state index contributed by atoms with van der Waals surface area (Å²) in [6.45, 7) is 4.38. The molecule has 3 aromatic rings. The van der Waals surface area contributed by atoms with Crippen LogP contribution in [0.2, 0.25) is 0 Å². The molecular weight excluding hydrogens is 456 g/mol. The van der Waals surface area contributed by atoms with Crippen molar-refractivity contribution in [3.8, 4) is 6.07 Å². The summed E-state index contributed by atoms with van der Waals surface area (Å²) in [5.74, 6) is -0.268. The van der Waals surface area contributed by atoms with Gasteiger partial charge in [-0.05, 0) is 61.2 Å². The van der Waals surface area contributed by atoms with Gasteiger partial charge in [0.15, 0.2) is 0 Å². The minimum absolute atomic E-state index is 0.00581. The molecule has 170 valence electrons. The Hall–Kier alpha value is -3.35. The molecule has 1 aliphatic heterocycles. The van der Waals surface area contributed by atoms with Crippen LogP contribution in [0.3, 0.4) is 0 Å². The second-order valence-corrected chi connectivity index (χ2v) is 10.4. The van der Waals surface area contributed by atoms with E-state index in [4.69, 9.17) is 5.26 Å². The topological polar surface area (TPSA) is 93.5 Å². The summed E-state index contributed by atoms with van der Waals surface area (Å²) in [5.41, 5.74) is 3.10. The average molecular weight is 481 g/mol. The summed E-state index contributed by atoms with van der Waals surface area (Å²) in [4.78, 5) is 17.4. The molecule has 1 N–H and O–H groups in total. The van der Waals surface area contributed by atoms with E-state index in [2.05, 4.69) is 15.7 Å². The molecular formula is C24H24N4O3S2. The molecule has 1 aliphatic rings.